The van der Waals surface area contributed by atoms with Crippen molar-refractivity contribution in [3.63, 3.8) is 0 Å². The Morgan fingerprint density at radius 2 is 1.82 bits per heavy atom. The fourth-order valence-electron chi connectivity index (χ4n) is 3.92. The Bertz CT molecular complexity index is 1270. The van der Waals surface area contributed by atoms with Crippen molar-refractivity contribution < 1.29 is 9.21 Å². The molecular formula is C25H24BrClN4O2. The average Bonchev–Trinajstić information content (AvgIpc) is 3.23. The normalized spacial score (nSPS) is 14.1. The molecule has 2 heterocycles. The van der Waals surface area contributed by atoms with E-state index >= 15 is 0 Å². The number of rotatable bonds is 5. The summed E-state index contributed by atoms with van der Waals surface area (Å²) in [6.07, 6.45) is 0. The fraction of sp³-hybridized carbons (Fsp3) is 0.200. The molecule has 3 aromatic carbocycles. The van der Waals surface area contributed by atoms with E-state index in [1.165, 1.54) is 5.56 Å². The number of benzene rings is 3. The number of hydrogen-bond donors (Lipinski definition) is 2. The standard InChI is InChI=1S/C25H23BrN4O2.ClH/c26-20-7-3-1-5-18(20)24(31)28-21-8-4-2-6-19(21)25-29-22-10-9-17(15-23(22)32-25)16-30-13-11-27-12-14-30;/h1-10,15,27H,11-14,16H2,(H,28,31);1H. The van der Waals surface area contributed by atoms with Crippen LogP contribution < -0.4 is 10.6 Å². The van der Waals surface area contributed by atoms with E-state index in [0.29, 0.717) is 17.1 Å². The summed E-state index contributed by atoms with van der Waals surface area (Å²) in [5.74, 6) is 0.293. The minimum Gasteiger partial charge on any atom is -0.436 e. The SMILES string of the molecule is Cl.O=C(Nc1ccccc1-c1nc2ccc(CN3CCNCC3)cc2o1)c1ccccc1Br. The summed E-state index contributed by atoms with van der Waals surface area (Å²) in [5.41, 5.74) is 4.72. The molecule has 8 heteroatoms. The highest BCUT2D eigenvalue weighted by Crippen LogP contribution is 2.31. The highest BCUT2D eigenvalue weighted by Gasteiger charge is 2.17. The Labute approximate surface area is 206 Å². The van der Waals surface area contributed by atoms with Crippen LogP contribution in [0.2, 0.25) is 0 Å². The molecule has 0 spiro atoms. The van der Waals surface area contributed by atoms with Crippen LogP contribution in [0.25, 0.3) is 22.6 Å². The van der Waals surface area contributed by atoms with E-state index in [4.69, 9.17) is 4.42 Å². The van der Waals surface area contributed by atoms with Gasteiger partial charge in [0.15, 0.2) is 5.58 Å². The minimum atomic E-state index is -0.195. The third kappa shape index (κ3) is 5.28. The van der Waals surface area contributed by atoms with Crippen LogP contribution in [0.1, 0.15) is 15.9 Å². The predicted octanol–water partition coefficient (Wildman–Crippen LogP) is 5.34. The summed E-state index contributed by atoms with van der Waals surface area (Å²) in [5, 5.41) is 6.38. The molecule has 1 aliphatic rings. The number of piperazine rings is 1. The summed E-state index contributed by atoms with van der Waals surface area (Å²) in [6, 6.07) is 21.1. The van der Waals surface area contributed by atoms with E-state index in [2.05, 4.69) is 48.6 Å². The number of oxazole rings is 1. The maximum atomic E-state index is 12.8. The lowest BCUT2D eigenvalue weighted by Crippen LogP contribution is -2.42. The Morgan fingerprint density at radius 1 is 1.06 bits per heavy atom. The van der Waals surface area contributed by atoms with E-state index in [-0.39, 0.29) is 18.3 Å². The van der Waals surface area contributed by atoms with Gasteiger partial charge in [0, 0.05) is 37.2 Å². The number of halogens is 2. The van der Waals surface area contributed by atoms with Crippen molar-refractivity contribution in [3.8, 4) is 11.5 Å². The van der Waals surface area contributed by atoms with E-state index in [1.54, 1.807) is 6.07 Å². The van der Waals surface area contributed by atoms with Crippen LogP contribution in [-0.4, -0.2) is 42.0 Å². The molecular weight excluding hydrogens is 504 g/mol. The Hall–Kier alpha value is -2.71. The van der Waals surface area contributed by atoms with E-state index in [0.717, 1.165) is 53.9 Å². The number of carbonyl (C=O) groups excluding carboxylic acids is 1. The van der Waals surface area contributed by atoms with Gasteiger partial charge in [-0.05, 0) is 57.9 Å². The fourth-order valence-corrected chi connectivity index (χ4v) is 4.39. The second-order valence-electron chi connectivity index (χ2n) is 7.83. The zero-order chi connectivity index (χ0) is 21.9. The van der Waals surface area contributed by atoms with E-state index in [9.17, 15) is 4.79 Å². The average molecular weight is 528 g/mol. The summed E-state index contributed by atoms with van der Waals surface area (Å²) in [4.78, 5) is 19.9. The maximum Gasteiger partial charge on any atom is 0.256 e. The van der Waals surface area contributed by atoms with Gasteiger partial charge in [-0.1, -0.05) is 30.3 Å². The molecule has 0 aliphatic carbocycles. The third-order valence-electron chi connectivity index (χ3n) is 5.59. The number of para-hydroxylation sites is 1. The lowest BCUT2D eigenvalue weighted by Gasteiger charge is -2.27. The largest absolute Gasteiger partial charge is 0.436 e. The highest BCUT2D eigenvalue weighted by atomic mass is 79.9. The molecule has 1 amide bonds. The monoisotopic (exact) mass is 526 g/mol. The van der Waals surface area contributed by atoms with Gasteiger partial charge in [0.05, 0.1) is 16.8 Å². The quantitative estimate of drug-likeness (QED) is 0.367. The van der Waals surface area contributed by atoms with Gasteiger partial charge in [0.25, 0.3) is 5.91 Å². The maximum absolute atomic E-state index is 12.8. The number of nitrogens with zero attached hydrogens (tertiary/aromatic N) is 2. The molecule has 0 saturated carbocycles. The van der Waals surface area contributed by atoms with Crippen LogP contribution in [0.15, 0.2) is 75.6 Å². The molecule has 0 bridgehead atoms. The number of anilines is 1. The van der Waals surface area contributed by atoms with Crippen molar-refractivity contribution >= 4 is 51.0 Å². The van der Waals surface area contributed by atoms with Crippen LogP contribution >= 0.6 is 28.3 Å². The molecule has 0 unspecified atom stereocenters. The topological polar surface area (TPSA) is 70.4 Å². The smallest absolute Gasteiger partial charge is 0.256 e. The van der Waals surface area contributed by atoms with Gasteiger partial charge >= 0.3 is 0 Å². The zero-order valence-electron chi connectivity index (χ0n) is 17.9. The van der Waals surface area contributed by atoms with Crippen LogP contribution in [0.5, 0.6) is 0 Å². The molecule has 1 saturated heterocycles. The van der Waals surface area contributed by atoms with Crippen LogP contribution in [-0.2, 0) is 6.54 Å². The molecule has 0 radical (unpaired) electrons. The molecule has 2 N–H and O–H groups in total. The van der Waals surface area contributed by atoms with Crippen LogP contribution in [0.3, 0.4) is 0 Å². The van der Waals surface area contributed by atoms with Gasteiger partial charge in [-0.25, -0.2) is 4.98 Å². The van der Waals surface area contributed by atoms with Gasteiger partial charge in [-0.3, -0.25) is 9.69 Å². The first-order valence-corrected chi connectivity index (χ1v) is 11.4. The third-order valence-corrected chi connectivity index (χ3v) is 6.28. The first kappa shape index (κ1) is 23.4. The first-order chi connectivity index (χ1) is 15.7. The number of nitrogens with one attached hydrogen (secondary N) is 2. The van der Waals surface area contributed by atoms with Crippen molar-refractivity contribution in [2.24, 2.45) is 0 Å². The van der Waals surface area contributed by atoms with Gasteiger partial charge in [0.2, 0.25) is 5.89 Å². The molecule has 6 nitrogen and oxygen atoms in total. The minimum absolute atomic E-state index is 0. The second-order valence-corrected chi connectivity index (χ2v) is 8.68. The van der Waals surface area contributed by atoms with Gasteiger partial charge < -0.3 is 15.1 Å². The highest BCUT2D eigenvalue weighted by molar-refractivity contribution is 9.10. The summed E-state index contributed by atoms with van der Waals surface area (Å²) in [7, 11) is 0. The molecule has 1 fully saturated rings. The first-order valence-electron chi connectivity index (χ1n) is 10.7. The number of hydrogen-bond acceptors (Lipinski definition) is 5. The molecule has 1 aliphatic heterocycles. The van der Waals surface area contributed by atoms with Crippen molar-refractivity contribution in [1.82, 2.24) is 15.2 Å². The lowest BCUT2D eigenvalue weighted by atomic mass is 10.1. The van der Waals surface area contributed by atoms with Gasteiger partial charge in [-0.2, -0.15) is 0 Å². The van der Waals surface area contributed by atoms with Gasteiger partial charge in [0.1, 0.15) is 5.52 Å². The van der Waals surface area contributed by atoms with Crippen molar-refractivity contribution in [2.45, 2.75) is 6.54 Å². The Kier molecular flexibility index (Phi) is 7.45. The number of aromatic nitrogens is 1. The number of carbonyl (C=O) groups is 1. The molecule has 4 aromatic rings. The second kappa shape index (κ2) is 10.5. The Balaban J connectivity index is 0.00000259. The van der Waals surface area contributed by atoms with E-state index in [1.807, 2.05) is 48.5 Å². The molecule has 5 rings (SSSR count). The summed E-state index contributed by atoms with van der Waals surface area (Å²) >= 11 is 3.44. The predicted molar refractivity (Wildman–Crippen MR) is 137 cm³/mol. The molecule has 1 aromatic heterocycles. The lowest BCUT2D eigenvalue weighted by molar-refractivity contribution is 0.102. The summed E-state index contributed by atoms with van der Waals surface area (Å²) in [6.45, 7) is 5.04. The van der Waals surface area contributed by atoms with Gasteiger partial charge in [-0.15, -0.1) is 12.4 Å². The van der Waals surface area contributed by atoms with Crippen molar-refractivity contribution in [1.29, 1.82) is 0 Å². The molecule has 170 valence electrons. The molecule has 33 heavy (non-hydrogen) atoms. The van der Waals surface area contributed by atoms with E-state index < -0.39 is 0 Å². The van der Waals surface area contributed by atoms with Crippen LogP contribution in [0, 0.1) is 0 Å². The Morgan fingerprint density at radius 3 is 2.64 bits per heavy atom. The van der Waals surface area contributed by atoms with Crippen molar-refractivity contribution in [3.05, 3.63) is 82.3 Å². The van der Waals surface area contributed by atoms with Crippen molar-refractivity contribution in [2.75, 3.05) is 31.5 Å². The zero-order valence-corrected chi connectivity index (χ0v) is 20.3. The summed E-state index contributed by atoms with van der Waals surface area (Å²) < 4.78 is 6.88. The number of fused-ring (bicyclic) bond motifs is 1. The number of amides is 1. The van der Waals surface area contributed by atoms with Crippen LogP contribution in [0.4, 0.5) is 5.69 Å². The molecule has 0 atom stereocenters.